The summed E-state index contributed by atoms with van der Waals surface area (Å²) in [5.74, 6) is -1.15. The van der Waals surface area contributed by atoms with Crippen LogP contribution in [0.4, 0.5) is 11.4 Å². The molecular formula is C14H13N3O7S. The van der Waals surface area contributed by atoms with Crippen LogP contribution in [0.25, 0.3) is 0 Å². The quantitative estimate of drug-likeness (QED) is 0.516. The number of phenols is 1. The molecule has 25 heavy (non-hydrogen) atoms. The van der Waals surface area contributed by atoms with E-state index in [0.29, 0.717) is 0 Å². The van der Waals surface area contributed by atoms with Gasteiger partial charge in [0.2, 0.25) is 0 Å². The topological polar surface area (TPSA) is 148 Å². The molecule has 0 spiro atoms. The third kappa shape index (κ3) is 4.22. The molecule has 0 saturated carbocycles. The lowest BCUT2D eigenvalue weighted by Crippen LogP contribution is -2.21. The van der Waals surface area contributed by atoms with E-state index in [4.69, 9.17) is 0 Å². The molecule has 2 rings (SSSR count). The number of hydroxylamine groups is 1. The lowest BCUT2D eigenvalue weighted by atomic mass is 10.2. The summed E-state index contributed by atoms with van der Waals surface area (Å²) in [5, 5.41) is 20.2. The molecule has 0 aliphatic carbocycles. The number of phenolic OH excluding ortho intramolecular Hbond substituents is 1. The van der Waals surface area contributed by atoms with Gasteiger partial charge in [0.05, 0.1) is 16.9 Å². The van der Waals surface area contributed by atoms with Crippen molar-refractivity contribution in [3.8, 4) is 5.75 Å². The first-order valence-corrected chi connectivity index (χ1v) is 8.16. The first-order chi connectivity index (χ1) is 11.7. The van der Waals surface area contributed by atoms with E-state index in [1.54, 1.807) is 0 Å². The summed E-state index contributed by atoms with van der Waals surface area (Å²) >= 11 is 0. The van der Waals surface area contributed by atoms with Gasteiger partial charge in [-0.25, -0.2) is 13.9 Å². The summed E-state index contributed by atoms with van der Waals surface area (Å²) in [4.78, 5) is 25.5. The Kier molecular flexibility index (Phi) is 5.20. The number of carbonyl (C=O) groups is 1. The number of rotatable bonds is 6. The number of nitrogens with zero attached hydrogens (tertiary/aromatic N) is 1. The molecular weight excluding hydrogens is 354 g/mol. The highest BCUT2D eigenvalue weighted by atomic mass is 32.2. The Labute approximate surface area is 142 Å². The molecule has 2 aromatic rings. The molecule has 10 nitrogen and oxygen atoms in total. The molecule has 0 bridgehead atoms. The van der Waals surface area contributed by atoms with Gasteiger partial charge in [-0.15, -0.1) is 0 Å². The smallest absolute Gasteiger partial charge is 0.312 e. The first-order valence-electron chi connectivity index (χ1n) is 6.68. The number of sulfonamides is 1. The van der Waals surface area contributed by atoms with Gasteiger partial charge in [-0.05, 0) is 36.4 Å². The number of benzene rings is 2. The second-order valence-electron chi connectivity index (χ2n) is 4.73. The van der Waals surface area contributed by atoms with Crippen molar-refractivity contribution in [3.63, 3.8) is 0 Å². The lowest BCUT2D eigenvalue weighted by molar-refractivity contribution is -0.386. The zero-order chi connectivity index (χ0) is 18.6. The van der Waals surface area contributed by atoms with Crippen molar-refractivity contribution in [2.45, 2.75) is 4.90 Å². The number of nitro benzene ring substituents is 1. The first kappa shape index (κ1) is 18.2. The Hall–Kier alpha value is -3.18. The van der Waals surface area contributed by atoms with E-state index in [1.165, 1.54) is 31.4 Å². The van der Waals surface area contributed by atoms with Gasteiger partial charge in [-0.1, -0.05) is 0 Å². The molecule has 0 saturated heterocycles. The van der Waals surface area contributed by atoms with E-state index in [1.807, 2.05) is 0 Å². The van der Waals surface area contributed by atoms with Gasteiger partial charge in [0.15, 0.2) is 5.75 Å². The van der Waals surface area contributed by atoms with Gasteiger partial charge in [0.1, 0.15) is 0 Å². The summed E-state index contributed by atoms with van der Waals surface area (Å²) in [5.41, 5.74) is 1.77. The zero-order valence-electron chi connectivity index (χ0n) is 12.8. The highest BCUT2D eigenvalue weighted by molar-refractivity contribution is 7.92. The van der Waals surface area contributed by atoms with E-state index >= 15 is 0 Å². The molecule has 0 aliphatic rings. The van der Waals surface area contributed by atoms with Crippen LogP contribution in [0.1, 0.15) is 10.4 Å². The summed E-state index contributed by atoms with van der Waals surface area (Å²) in [6.07, 6.45) is 0. The number of carbonyl (C=O) groups excluding carboxylic acids is 1. The molecule has 0 radical (unpaired) electrons. The number of hydrogen-bond donors (Lipinski definition) is 3. The number of nitro groups is 1. The molecule has 0 aliphatic heterocycles. The Morgan fingerprint density at radius 3 is 2.40 bits per heavy atom. The number of aromatic hydroxyl groups is 1. The second kappa shape index (κ2) is 7.15. The normalized spacial score (nSPS) is 10.9. The van der Waals surface area contributed by atoms with Crippen molar-refractivity contribution in [1.82, 2.24) is 5.48 Å². The highest BCUT2D eigenvalue weighted by Crippen LogP contribution is 2.29. The molecule has 1 amide bonds. The van der Waals surface area contributed by atoms with Gasteiger partial charge in [-0.3, -0.25) is 24.5 Å². The molecule has 132 valence electrons. The zero-order valence-corrected chi connectivity index (χ0v) is 13.6. The summed E-state index contributed by atoms with van der Waals surface area (Å²) in [7, 11) is -2.85. The molecule has 0 unspecified atom stereocenters. The molecule has 0 heterocycles. The lowest BCUT2D eigenvalue weighted by Gasteiger charge is -2.09. The molecule has 0 atom stereocenters. The van der Waals surface area contributed by atoms with Gasteiger partial charge in [-0.2, -0.15) is 0 Å². The molecule has 2 aromatic carbocycles. The van der Waals surface area contributed by atoms with Crippen LogP contribution in [0.3, 0.4) is 0 Å². The van der Waals surface area contributed by atoms with Gasteiger partial charge >= 0.3 is 5.69 Å². The predicted molar refractivity (Wildman–Crippen MR) is 86.5 cm³/mol. The van der Waals surface area contributed by atoms with Crippen molar-refractivity contribution in [2.24, 2.45) is 0 Å². The van der Waals surface area contributed by atoms with Crippen LogP contribution in [0.2, 0.25) is 0 Å². The van der Waals surface area contributed by atoms with E-state index in [-0.39, 0.29) is 11.3 Å². The van der Waals surface area contributed by atoms with Crippen molar-refractivity contribution >= 4 is 27.3 Å². The summed E-state index contributed by atoms with van der Waals surface area (Å²) < 4.78 is 26.8. The largest absolute Gasteiger partial charge is 0.502 e. The SMILES string of the molecule is CONC(=O)c1ccc(NS(=O)(=O)c2ccc(O)c([N+](=O)[O-])c2)cc1. The number of hydrogen-bond acceptors (Lipinski definition) is 7. The third-order valence-electron chi connectivity index (χ3n) is 3.05. The second-order valence-corrected chi connectivity index (χ2v) is 6.41. The molecule has 0 aromatic heterocycles. The van der Waals surface area contributed by atoms with Crippen molar-refractivity contribution in [1.29, 1.82) is 0 Å². The molecule has 3 N–H and O–H groups in total. The fourth-order valence-corrected chi connectivity index (χ4v) is 2.95. The average molecular weight is 367 g/mol. The van der Waals surface area contributed by atoms with Crippen molar-refractivity contribution < 1.29 is 28.1 Å². The minimum absolute atomic E-state index is 0.143. The standard InChI is InChI=1S/C14H13N3O7S/c1-24-15-14(19)9-2-4-10(5-3-9)16-25(22,23)11-6-7-13(18)12(8-11)17(20)21/h2-8,16,18H,1H3,(H,15,19). The predicted octanol–water partition coefficient (Wildman–Crippen LogP) is 1.39. The number of amides is 1. The van der Waals surface area contributed by atoms with E-state index in [0.717, 1.165) is 18.2 Å². The Balaban J connectivity index is 2.26. The molecule has 11 heteroatoms. The monoisotopic (exact) mass is 367 g/mol. The van der Waals surface area contributed by atoms with Crippen LogP contribution >= 0.6 is 0 Å². The summed E-state index contributed by atoms with van der Waals surface area (Å²) in [6, 6.07) is 8.12. The van der Waals surface area contributed by atoms with Crippen LogP contribution in [-0.2, 0) is 14.9 Å². The van der Waals surface area contributed by atoms with E-state index in [2.05, 4.69) is 15.0 Å². The Bertz CT molecular complexity index is 911. The van der Waals surface area contributed by atoms with Crippen molar-refractivity contribution in [2.75, 3.05) is 11.8 Å². The maximum atomic E-state index is 12.3. The maximum Gasteiger partial charge on any atom is 0.312 e. The van der Waals surface area contributed by atoms with E-state index < -0.39 is 37.2 Å². The fraction of sp³-hybridized carbons (Fsp3) is 0.0714. The van der Waals surface area contributed by atoms with Gasteiger partial charge in [0, 0.05) is 17.3 Å². The Morgan fingerprint density at radius 1 is 1.20 bits per heavy atom. The van der Waals surface area contributed by atoms with Crippen LogP contribution < -0.4 is 10.2 Å². The Morgan fingerprint density at radius 2 is 1.84 bits per heavy atom. The summed E-state index contributed by atoms with van der Waals surface area (Å²) in [6.45, 7) is 0. The fourth-order valence-electron chi connectivity index (χ4n) is 1.87. The average Bonchev–Trinajstić information content (AvgIpc) is 2.55. The van der Waals surface area contributed by atoms with Crippen LogP contribution in [-0.4, -0.2) is 31.5 Å². The molecule has 0 fully saturated rings. The minimum Gasteiger partial charge on any atom is -0.502 e. The van der Waals surface area contributed by atoms with E-state index in [9.17, 15) is 28.4 Å². The minimum atomic E-state index is -4.12. The van der Waals surface area contributed by atoms with Gasteiger partial charge < -0.3 is 5.11 Å². The maximum absolute atomic E-state index is 12.3. The number of anilines is 1. The third-order valence-corrected chi connectivity index (χ3v) is 4.43. The van der Waals surface area contributed by atoms with Crippen LogP contribution in [0.5, 0.6) is 5.75 Å². The number of nitrogens with one attached hydrogen (secondary N) is 2. The highest BCUT2D eigenvalue weighted by Gasteiger charge is 2.21. The van der Waals surface area contributed by atoms with Crippen LogP contribution in [0, 0.1) is 10.1 Å². The van der Waals surface area contributed by atoms with Gasteiger partial charge in [0.25, 0.3) is 15.9 Å². The van der Waals surface area contributed by atoms with Crippen LogP contribution in [0.15, 0.2) is 47.4 Å². The van der Waals surface area contributed by atoms with Crippen molar-refractivity contribution in [3.05, 3.63) is 58.1 Å².